The average molecular weight is 657 g/mol. The van der Waals surface area contributed by atoms with Crippen molar-refractivity contribution in [1.29, 1.82) is 0 Å². The molecule has 5 aromatic rings. The van der Waals surface area contributed by atoms with Crippen LogP contribution in [0.3, 0.4) is 0 Å². The molecule has 5 rings (SSSR count). The summed E-state index contributed by atoms with van der Waals surface area (Å²) in [6, 6.07) is 25.1. The zero-order valence-electron chi connectivity index (χ0n) is 24.2. The first-order valence-corrected chi connectivity index (χ1v) is 16.3. The van der Waals surface area contributed by atoms with E-state index in [2.05, 4.69) is 20.9 Å². The highest BCUT2D eigenvalue weighted by atomic mass is 32.2. The fraction of sp³-hybridized carbons (Fsp3) is 0.0909. The van der Waals surface area contributed by atoms with E-state index in [1.165, 1.54) is 34.4 Å². The molecular weight excluding hydrogens is 629 g/mol. The molecule has 3 aromatic carbocycles. The largest absolute Gasteiger partial charge is 0.493 e. The lowest BCUT2D eigenvalue weighted by atomic mass is 10.1. The second-order valence-corrected chi connectivity index (χ2v) is 12.2. The summed E-state index contributed by atoms with van der Waals surface area (Å²) in [5, 5.41) is 12.7. The van der Waals surface area contributed by atoms with Crippen molar-refractivity contribution in [1.82, 2.24) is 10.3 Å². The number of thiazole rings is 1. The van der Waals surface area contributed by atoms with Gasteiger partial charge in [-0.3, -0.25) is 14.4 Å². The first-order valence-electron chi connectivity index (χ1n) is 13.6. The number of rotatable bonds is 12. The molecule has 2 aromatic heterocycles. The van der Waals surface area contributed by atoms with E-state index in [9.17, 15) is 14.4 Å². The van der Waals surface area contributed by atoms with Crippen LogP contribution in [0.2, 0.25) is 0 Å². The predicted octanol–water partition coefficient (Wildman–Crippen LogP) is 7.03. The maximum atomic E-state index is 13.3. The molecule has 0 saturated carbocycles. The molecule has 0 aliphatic rings. The van der Waals surface area contributed by atoms with Crippen molar-refractivity contribution >= 4 is 69.1 Å². The predicted molar refractivity (Wildman–Crippen MR) is 181 cm³/mol. The van der Waals surface area contributed by atoms with Crippen LogP contribution in [0.4, 0.5) is 10.8 Å². The monoisotopic (exact) mass is 656 g/mol. The van der Waals surface area contributed by atoms with Gasteiger partial charge in [0.1, 0.15) is 5.70 Å². The number of thioether (sulfide) groups is 1. The molecule has 0 spiro atoms. The van der Waals surface area contributed by atoms with Gasteiger partial charge >= 0.3 is 0 Å². The van der Waals surface area contributed by atoms with Crippen molar-refractivity contribution in [3.05, 3.63) is 112 Å². The number of hydrogen-bond acceptors (Lipinski definition) is 9. The molecule has 2 heterocycles. The normalized spacial score (nSPS) is 11.0. The number of aromatic nitrogens is 1. The van der Waals surface area contributed by atoms with Crippen molar-refractivity contribution in [3.8, 4) is 22.8 Å². The lowest BCUT2D eigenvalue weighted by Gasteiger charge is -2.12. The maximum Gasteiger partial charge on any atom is 0.272 e. The molecule has 0 radical (unpaired) electrons. The molecule has 0 saturated heterocycles. The van der Waals surface area contributed by atoms with Gasteiger partial charge in [0, 0.05) is 32.0 Å². The topological polar surface area (TPSA) is 119 Å². The molecule has 0 aliphatic heterocycles. The molecule has 45 heavy (non-hydrogen) atoms. The Labute approximate surface area is 272 Å². The number of amides is 3. The third-order valence-electron chi connectivity index (χ3n) is 6.25. The number of thiophene rings is 1. The van der Waals surface area contributed by atoms with Gasteiger partial charge in [-0.25, -0.2) is 4.98 Å². The van der Waals surface area contributed by atoms with Crippen molar-refractivity contribution in [3.63, 3.8) is 0 Å². The fourth-order valence-corrected chi connectivity index (χ4v) is 6.23. The number of carbonyl (C=O) groups is 3. The number of nitrogens with one attached hydrogen (secondary N) is 3. The Hall–Kier alpha value is -4.91. The van der Waals surface area contributed by atoms with Gasteiger partial charge < -0.3 is 25.4 Å². The minimum atomic E-state index is -0.471. The van der Waals surface area contributed by atoms with Crippen molar-refractivity contribution in [2.75, 3.05) is 30.6 Å². The molecule has 3 N–H and O–H groups in total. The number of hydrogen-bond donors (Lipinski definition) is 3. The van der Waals surface area contributed by atoms with Gasteiger partial charge in [-0.2, -0.15) is 0 Å². The van der Waals surface area contributed by atoms with E-state index in [1.54, 1.807) is 68.8 Å². The minimum absolute atomic E-state index is 0.111. The smallest absolute Gasteiger partial charge is 0.272 e. The lowest BCUT2D eigenvalue weighted by Crippen LogP contribution is -2.30. The average Bonchev–Trinajstić information content (AvgIpc) is 3.76. The summed E-state index contributed by atoms with van der Waals surface area (Å²) in [5.41, 5.74) is 2.62. The zero-order valence-corrected chi connectivity index (χ0v) is 26.7. The van der Waals surface area contributed by atoms with Gasteiger partial charge in [0.15, 0.2) is 16.6 Å². The Morgan fingerprint density at radius 1 is 0.867 bits per heavy atom. The molecule has 0 atom stereocenters. The van der Waals surface area contributed by atoms with E-state index < -0.39 is 5.91 Å². The molecule has 0 aliphatic carbocycles. The third-order valence-corrected chi connectivity index (χ3v) is 8.82. The summed E-state index contributed by atoms with van der Waals surface area (Å²) < 4.78 is 10.7. The second kappa shape index (κ2) is 15.2. The van der Waals surface area contributed by atoms with E-state index >= 15 is 0 Å². The van der Waals surface area contributed by atoms with E-state index in [1.807, 2.05) is 47.2 Å². The number of carbonyl (C=O) groups excluding carboxylic acids is 3. The number of methoxy groups -OCH3 is 2. The third kappa shape index (κ3) is 8.60. The van der Waals surface area contributed by atoms with Crippen LogP contribution in [0, 0.1) is 0 Å². The second-order valence-electron chi connectivity index (χ2n) is 9.32. The summed E-state index contributed by atoms with van der Waals surface area (Å²) in [6.45, 7) is 0. The Balaban J connectivity index is 1.19. The SMILES string of the molecule is COc1ccc(-c2csc(NC(=O)CSc3cccc(NC(=O)/C(=C/c4cccs4)NC(=O)c4ccccc4)c3)n2)cc1OC. The van der Waals surface area contributed by atoms with Gasteiger partial charge in [-0.1, -0.05) is 30.3 Å². The molecule has 9 nitrogen and oxygen atoms in total. The number of ether oxygens (including phenoxy) is 2. The number of nitrogens with zero attached hydrogens (tertiary/aromatic N) is 1. The standard InChI is InChI=1S/C33H28N4O5S3/c1-41-28-14-13-22(16-29(28)42-2)27-19-45-33(36-27)37-30(38)20-44-24-11-6-10-23(17-24)34-32(40)26(18-25-12-7-15-43-25)35-31(39)21-8-4-3-5-9-21/h3-19H,20H2,1-2H3,(H,34,40)(H,35,39)(H,36,37,38)/b26-18-. The summed E-state index contributed by atoms with van der Waals surface area (Å²) in [4.78, 5) is 45.0. The van der Waals surface area contributed by atoms with Crippen molar-refractivity contribution in [2.24, 2.45) is 0 Å². The summed E-state index contributed by atoms with van der Waals surface area (Å²) in [5.74, 6) is 0.277. The van der Waals surface area contributed by atoms with Crippen LogP contribution in [0.5, 0.6) is 11.5 Å². The van der Waals surface area contributed by atoms with Crippen LogP contribution >= 0.6 is 34.4 Å². The molecular formula is C33H28N4O5S3. The van der Waals surface area contributed by atoms with E-state index in [-0.39, 0.29) is 23.3 Å². The van der Waals surface area contributed by atoms with Gasteiger partial charge in [-0.05, 0) is 66.1 Å². The highest BCUT2D eigenvalue weighted by molar-refractivity contribution is 8.00. The quantitative estimate of drug-likeness (QED) is 0.0975. The Bertz CT molecular complexity index is 1820. The Morgan fingerprint density at radius 3 is 2.44 bits per heavy atom. The Kier molecular flexibility index (Phi) is 10.6. The van der Waals surface area contributed by atoms with Crippen LogP contribution < -0.4 is 25.4 Å². The summed E-state index contributed by atoms with van der Waals surface area (Å²) >= 11 is 4.10. The van der Waals surface area contributed by atoms with E-state index in [0.717, 1.165) is 15.3 Å². The zero-order chi connectivity index (χ0) is 31.6. The molecule has 0 fully saturated rings. The van der Waals surface area contributed by atoms with E-state index in [4.69, 9.17) is 9.47 Å². The van der Waals surface area contributed by atoms with Crippen LogP contribution in [-0.2, 0) is 9.59 Å². The lowest BCUT2D eigenvalue weighted by molar-refractivity contribution is -0.114. The highest BCUT2D eigenvalue weighted by Gasteiger charge is 2.16. The van der Waals surface area contributed by atoms with Crippen LogP contribution in [0.15, 0.2) is 106 Å². The fourth-order valence-electron chi connectivity index (χ4n) is 4.08. The Morgan fingerprint density at radius 2 is 1.69 bits per heavy atom. The number of anilines is 2. The first-order chi connectivity index (χ1) is 21.9. The van der Waals surface area contributed by atoms with Crippen molar-refractivity contribution < 1.29 is 23.9 Å². The molecule has 12 heteroatoms. The summed E-state index contributed by atoms with van der Waals surface area (Å²) in [6.07, 6.45) is 1.64. The van der Waals surface area contributed by atoms with Gasteiger partial charge in [0.2, 0.25) is 5.91 Å². The van der Waals surface area contributed by atoms with Crippen molar-refractivity contribution in [2.45, 2.75) is 4.90 Å². The van der Waals surface area contributed by atoms with Crippen LogP contribution in [0.1, 0.15) is 15.2 Å². The van der Waals surface area contributed by atoms with Gasteiger partial charge in [0.05, 0.1) is 25.7 Å². The van der Waals surface area contributed by atoms with Gasteiger partial charge in [-0.15, -0.1) is 34.4 Å². The number of benzene rings is 3. The molecule has 0 unspecified atom stereocenters. The molecule has 0 bridgehead atoms. The van der Waals surface area contributed by atoms with Crippen LogP contribution in [0.25, 0.3) is 17.3 Å². The summed E-state index contributed by atoms with van der Waals surface area (Å²) in [7, 11) is 3.15. The first kappa shape index (κ1) is 31.5. The molecule has 3 amide bonds. The van der Waals surface area contributed by atoms with E-state index in [0.29, 0.717) is 33.6 Å². The van der Waals surface area contributed by atoms with Crippen LogP contribution in [-0.4, -0.2) is 42.7 Å². The maximum absolute atomic E-state index is 13.3. The highest BCUT2D eigenvalue weighted by Crippen LogP contribution is 2.33. The van der Waals surface area contributed by atoms with Gasteiger partial charge in [0.25, 0.3) is 11.8 Å². The molecule has 228 valence electrons. The minimum Gasteiger partial charge on any atom is -0.493 e.